The number of carbonyl (C=O) groups excluding carboxylic acids is 1. The van der Waals surface area contributed by atoms with Gasteiger partial charge in [-0.1, -0.05) is 36.4 Å². The van der Waals surface area contributed by atoms with E-state index in [1.54, 1.807) is 65.9 Å². The Morgan fingerprint density at radius 3 is 2.53 bits per heavy atom. The van der Waals surface area contributed by atoms with Crippen molar-refractivity contribution in [1.29, 1.82) is 0 Å². The van der Waals surface area contributed by atoms with Gasteiger partial charge in [0.15, 0.2) is 9.84 Å². The molecule has 0 spiro atoms. The SMILES string of the molecule is O=C(NCC1CCCN(Cc2cccs2)C1)c1ccc(CS(=O)(=O)c2ccccc2)cc1. The highest BCUT2D eigenvalue weighted by Gasteiger charge is 2.21. The molecule has 1 aliphatic rings. The molecule has 2 aromatic carbocycles. The Kier molecular flexibility index (Phi) is 7.40. The number of nitrogens with zero attached hydrogens (tertiary/aromatic N) is 1. The Morgan fingerprint density at radius 1 is 1.03 bits per heavy atom. The summed E-state index contributed by atoms with van der Waals surface area (Å²) in [4.78, 5) is 16.8. The molecule has 2 heterocycles. The monoisotopic (exact) mass is 468 g/mol. The van der Waals surface area contributed by atoms with Crippen LogP contribution in [0.15, 0.2) is 77.0 Å². The van der Waals surface area contributed by atoms with Crippen LogP contribution >= 0.6 is 11.3 Å². The number of benzene rings is 2. The second kappa shape index (κ2) is 10.4. The average molecular weight is 469 g/mol. The summed E-state index contributed by atoms with van der Waals surface area (Å²) in [5.41, 5.74) is 1.22. The molecule has 168 valence electrons. The van der Waals surface area contributed by atoms with Crippen LogP contribution < -0.4 is 5.32 Å². The number of piperidine rings is 1. The Morgan fingerprint density at radius 2 is 1.81 bits per heavy atom. The fourth-order valence-electron chi connectivity index (χ4n) is 4.11. The van der Waals surface area contributed by atoms with E-state index in [1.807, 2.05) is 0 Å². The Balaban J connectivity index is 1.28. The molecule has 5 nitrogen and oxygen atoms in total. The lowest BCUT2D eigenvalue weighted by atomic mass is 9.97. The fraction of sp³-hybridized carbons (Fsp3) is 0.320. The summed E-state index contributed by atoms with van der Waals surface area (Å²) < 4.78 is 25.1. The highest BCUT2D eigenvalue weighted by Crippen LogP contribution is 2.20. The van der Waals surface area contributed by atoms with Crippen LogP contribution in [0.3, 0.4) is 0 Å². The molecule has 0 aliphatic carbocycles. The van der Waals surface area contributed by atoms with Crippen molar-refractivity contribution in [1.82, 2.24) is 10.2 Å². The van der Waals surface area contributed by atoms with Gasteiger partial charge < -0.3 is 5.32 Å². The number of carbonyl (C=O) groups is 1. The molecule has 0 radical (unpaired) electrons. The topological polar surface area (TPSA) is 66.5 Å². The molecule has 3 aromatic rings. The number of nitrogens with one attached hydrogen (secondary N) is 1. The number of sulfone groups is 1. The van der Waals surface area contributed by atoms with E-state index in [1.165, 1.54) is 4.88 Å². The van der Waals surface area contributed by atoms with Crippen LogP contribution in [0.25, 0.3) is 0 Å². The zero-order valence-electron chi connectivity index (χ0n) is 17.9. The van der Waals surface area contributed by atoms with Crippen molar-refractivity contribution >= 4 is 27.1 Å². The van der Waals surface area contributed by atoms with Gasteiger partial charge in [-0.2, -0.15) is 0 Å². The zero-order valence-corrected chi connectivity index (χ0v) is 19.6. The molecule has 1 aromatic heterocycles. The third kappa shape index (κ3) is 6.06. The van der Waals surface area contributed by atoms with E-state index in [-0.39, 0.29) is 11.7 Å². The van der Waals surface area contributed by atoms with Crippen LogP contribution in [0.1, 0.15) is 33.6 Å². The fourth-order valence-corrected chi connectivity index (χ4v) is 6.22. The van der Waals surface area contributed by atoms with E-state index in [9.17, 15) is 13.2 Å². The van der Waals surface area contributed by atoms with Crippen molar-refractivity contribution in [2.45, 2.75) is 30.0 Å². The summed E-state index contributed by atoms with van der Waals surface area (Å²) in [7, 11) is -3.40. The summed E-state index contributed by atoms with van der Waals surface area (Å²) >= 11 is 1.79. The van der Waals surface area contributed by atoms with Crippen molar-refractivity contribution in [3.8, 4) is 0 Å². The Bertz CT molecular complexity index is 1110. The van der Waals surface area contributed by atoms with Crippen molar-refractivity contribution in [2.75, 3.05) is 19.6 Å². The number of thiophene rings is 1. The molecule has 1 atom stereocenters. The maximum atomic E-state index is 12.6. The van der Waals surface area contributed by atoms with Crippen LogP contribution in [0.5, 0.6) is 0 Å². The summed E-state index contributed by atoms with van der Waals surface area (Å²) in [6.07, 6.45) is 2.27. The zero-order chi connectivity index (χ0) is 22.4. The molecule has 0 saturated carbocycles. The van der Waals surface area contributed by atoms with Crippen molar-refractivity contribution < 1.29 is 13.2 Å². The standard InChI is InChI=1S/C25H28N2O3S2/c28-25(26-16-21-6-4-14-27(17-21)18-23-7-5-15-31-23)22-12-10-20(11-13-22)19-32(29,30)24-8-2-1-3-9-24/h1-3,5,7-13,15,21H,4,6,14,16-19H2,(H,26,28). The van der Waals surface area contributed by atoms with Gasteiger partial charge in [0.1, 0.15) is 0 Å². The summed E-state index contributed by atoms with van der Waals surface area (Å²) in [5.74, 6) is 0.252. The molecule has 1 amide bonds. The maximum absolute atomic E-state index is 12.6. The van der Waals surface area contributed by atoms with Gasteiger partial charge in [0.05, 0.1) is 10.6 Å². The molecule has 1 N–H and O–H groups in total. The lowest BCUT2D eigenvalue weighted by Gasteiger charge is -2.32. The smallest absolute Gasteiger partial charge is 0.251 e. The largest absolute Gasteiger partial charge is 0.352 e. The molecule has 1 aliphatic heterocycles. The maximum Gasteiger partial charge on any atom is 0.251 e. The van der Waals surface area contributed by atoms with Gasteiger partial charge in [-0.25, -0.2) is 8.42 Å². The molecule has 7 heteroatoms. The highest BCUT2D eigenvalue weighted by atomic mass is 32.2. The predicted molar refractivity (Wildman–Crippen MR) is 128 cm³/mol. The number of rotatable bonds is 8. The second-order valence-corrected chi connectivity index (χ2v) is 11.3. The lowest BCUT2D eigenvalue weighted by molar-refractivity contribution is 0.0931. The summed E-state index contributed by atoms with van der Waals surface area (Å²) in [6, 6.07) is 19.5. The van der Waals surface area contributed by atoms with Crippen LogP contribution in [0, 0.1) is 5.92 Å². The minimum Gasteiger partial charge on any atom is -0.352 e. The third-order valence-corrected chi connectivity index (χ3v) is 8.35. The molecule has 1 unspecified atom stereocenters. The van der Waals surface area contributed by atoms with Crippen LogP contribution in [0.4, 0.5) is 0 Å². The first-order chi connectivity index (χ1) is 15.5. The first-order valence-electron chi connectivity index (χ1n) is 10.9. The van der Waals surface area contributed by atoms with Gasteiger partial charge >= 0.3 is 0 Å². The quantitative estimate of drug-likeness (QED) is 0.533. The minimum atomic E-state index is -3.40. The number of hydrogen-bond donors (Lipinski definition) is 1. The molecule has 1 fully saturated rings. The van der Waals surface area contributed by atoms with E-state index in [4.69, 9.17) is 0 Å². The highest BCUT2D eigenvalue weighted by molar-refractivity contribution is 7.90. The molecule has 4 rings (SSSR count). The molecule has 0 bridgehead atoms. The summed E-state index contributed by atoms with van der Waals surface area (Å²) in [6.45, 7) is 3.74. The van der Waals surface area contributed by atoms with E-state index < -0.39 is 9.84 Å². The number of likely N-dealkylation sites (tertiary alicyclic amines) is 1. The van der Waals surface area contributed by atoms with Gasteiger partial charge in [-0.3, -0.25) is 9.69 Å². The summed E-state index contributed by atoms with van der Waals surface area (Å²) in [5, 5.41) is 5.17. The minimum absolute atomic E-state index is 0.0823. The van der Waals surface area contributed by atoms with Gasteiger partial charge in [0.2, 0.25) is 0 Å². The molecular weight excluding hydrogens is 440 g/mol. The van der Waals surface area contributed by atoms with Crippen molar-refractivity contribution in [3.63, 3.8) is 0 Å². The van der Waals surface area contributed by atoms with E-state index in [0.29, 0.717) is 28.5 Å². The third-order valence-electron chi connectivity index (χ3n) is 5.79. The van der Waals surface area contributed by atoms with Crippen LogP contribution in [-0.2, 0) is 22.1 Å². The Labute approximate surface area is 194 Å². The van der Waals surface area contributed by atoms with E-state index in [0.717, 1.165) is 32.5 Å². The van der Waals surface area contributed by atoms with Crippen LogP contribution in [0.2, 0.25) is 0 Å². The van der Waals surface area contributed by atoms with Gasteiger partial charge in [-0.05, 0) is 66.6 Å². The van der Waals surface area contributed by atoms with E-state index in [2.05, 4.69) is 27.7 Å². The van der Waals surface area contributed by atoms with E-state index >= 15 is 0 Å². The van der Waals surface area contributed by atoms with Crippen LogP contribution in [-0.4, -0.2) is 38.9 Å². The molecular formula is C25H28N2O3S2. The van der Waals surface area contributed by atoms with Gasteiger partial charge in [0.25, 0.3) is 5.91 Å². The Hall–Kier alpha value is -2.48. The number of amides is 1. The van der Waals surface area contributed by atoms with Gasteiger partial charge in [-0.15, -0.1) is 11.3 Å². The number of hydrogen-bond acceptors (Lipinski definition) is 5. The average Bonchev–Trinajstić information content (AvgIpc) is 3.32. The normalized spacial score (nSPS) is 17.2. The first-order valence-corrected chi connectivity index (χ1v) is 13.4. The second-order valence-electron chi connectivity index (χ2n) is 8.30. The molecule has 1 saturated heterocycles. The van der Waals surface area contributed by atoms with Gasteiger partial charge in [0, 0.05) is 30.1 Å². The predicted octanol–water partition coefficient (Wildman–Crippen LogP) is 4.36. The first kappa shape index (κ1) is 22.7. The molecule has 32 heavy (non-hydrogen) atoms. The lowest BCUT2D eigenvalue weighted by Crippen LogP contribution is -2.40. The van der Waals surface area contributed by atoms with Crippen molar-refractivity contribution in [2.24, 2.45) is 5.92 Å². The van der Waals surface area contributed by atoms with Crippen molar-refractivity contribution in [3.05, 3.63) is 88.1 Å².